The highest BCUT2D eigenvalue weighted by molar-refractivity contribution is 6.31. The molecular formula is C7H4ClN3. The lowest BCUT2D eigenvalue weighted by Gasteiger charge is -1.92. The fraction of sp³-hybridized carbons (Fsp3) is 0. The molecule has 0 N–H and O–H groups in total. The summed E-state index contributed by atoms with van der Waals surface area (Å²) in [6.07, 6.45) is 1.41. The SMILES string of the molecule is Clc1ccc2ncnnc2c1. The minimum atomic E-state index is 0.653. The maximum atomic E-state index is 5.72. The van der Waals surface area contributed by atoms with Crippen molar-refractivity contribution >= 4 is 22.6 Å². The fourth-order valence-electron chi connectivity index (χ4n) is 0.862. The third-order valence-electron chi connectivity index (χ3n) is 1.35. The first-order chi connectivity index (χ1) is 5.36. The smallest absolute Gasteiger partial charge is 0.138 e. The largest absolute Gasteiger partial charge is 0.233 e. The zero-order valence-corrected chi connectivity index (χ0v) is 6.28. The van der Waals surface area contributed by atoms with Gasteiger partial charge in [-0.05, 0) is 18.2 Å². The number of fused-ring (bicyclic) bond motifs is 1. The molecule has 0 saturated heterocycles. The van der Waals surface area contributed by atoms with Crippen LogP contribution >= 0.6 is 11.6 Å². The molecular weight excluding hydrogens is 162 g/mol. The summed E-state index contributed by atoms with van der Waals surface area (Å²) < 4.78 is 0. The molecule has 0 radical (unpaired) electrons. The van der Waals surface area contributed by atoms with Gasteiger partial charge < -0.3 is 0 Å². The van der Waals surface area contributed by atoms with E-state index in [4.69, 9.17) is 11.6 Å². The van der Waals surface area contributed by atoms with Gasteiger partial charge in [-0.25, -0.2) is 4.98 Å². The first kappa shape index (κ1) is 6.49. The van der Waals surface area contributed by atoms with Gasteiger partial charge in [0.05, 0.1) is 5.52 Å². The van der Waals surface area contributed by atoms with E-state index in [1.165, 1.54) is 6.33 Å². The van der Waals surface area contributed by atoms with Crippen molar-refractivity contribution in [3.8, 4) is 0 Å². The van der Waals surface area contributed by atoms with Gasteiger partial charge in [0.25, 0.3) is 0 Å². The Balaban J connectivity index is 2.83. The molecule has 0 bridgehead atoms. The van der Waals surface area contributed by atoms with Gasteiger partial charge in [0.2, 0.25) is 0 Å². The molecule has 0 aliphatic heterocycles. The van der Waals surface area contributed by atoms with Crippen LogP contribution in [0.3, 0.4) is 0 Å². The van der Waals surface area contributed by atoms with Gasteiger partial charge in [0.1, 0.15) is 11.8 Å². The van der Waals surface area contributed by atoms with Gasteiger partial charge in [-0.2, -0.15) is 0 Å². The van der Waals surface area contributed by atoms with Gasteiger partial charge in [-0.3, -0.25) is 0 Å². The van der Waals surface area contributed by atoms with Crippen LogP contribution in [-0.2, 0) is 0 Å². The number of nitrogens with zero attached hydrogens (tertiary/aromatic N) is 3. The molecule has 0 unspecified atom stereocenters. The Hall–Kier alpha value is -1.22. The predicted octanol–water partition coefficient (Wildman–Crippen LogP) is 1.68. The lowest BCUT2D eigenvalue weighted by molar-refractivity contribution is 1.02. The van der Waals surface area contributed by atoms with Crippen molar-refractivity contribution in [3.05, 3.63) is 29.5 Å². The topological polar surface area (TPSA) is 38.7 Å². The van der Waals surface area contributed by atoms with Gasteiger partial charge in [0.15, 0.2) is 0 Å². The van der Waals surface area contributed by atoms with Crippen LogP contribution in [0.1, 0.15) is 0 Å². The monoisotopic (exact) mass is 165 g/mol. The second kappa shape index (κ2) is 2.43. The summed E-state index contributed by atoms with van der Waals surface area (Å²) in [5.74, 6) is 0. The normalized spacial score (nSPS) is 10.3. The standard InChI is InChI=1S/C7H4ClN3/c8-5-1-2-6-7(3-5)11-10-4-9-6/h1-4H. The summed E-state index contributed by atoms with van der Waals surface area (Å²) in [4.78, 5) is 3.99. The van der Waals surface area contributed by atoms with Crippen molar-refractivity contribution in [2.45, 2.75) is 0 Å². The van der Waals surface area contributed by atoms with Gasteiger partial charge in [0, 0.05) is 5.02 Å². The van der Waals surface area contributed by atoms with Crippen LogP contribution in [-0.4, -0.2) is 15.2 Å². The van der Waals surface area contributed by atoms with Crippen LogP contribution in [0.4, 0.5) is 0 Å². The zero-order valence-electron chi connectivity index (χ0n) is 5.53. The highest BCUT2D eigenvalue weighted by Crippen LogP contribution is 2.13. The summed E-state index contributed by atoms with van der Waals surface area (Å²) >= 11 is 5.72. The van der Waals surface area contributed by atoms with Crippen molar-refractivity contribution in [2.75, 3.05) is 0 Å². The van der Waals surface area contributed by atoms with E-state index in [-0.39, 0.29) is 0 Å². The average Bonchev–Trinajstić information content (AvgIpc) is 2.04. The molecule has 0 atom stereocenters. The van der Waals surface area contributed by atoms with E-state index < -0.39 is 0 Å². The van der Waals surface area contributed by atoms with Crippen molar-refractivity contribution in [3.63, 3.8) is 0 Å². The summed E-state index contributed by atoms with van der Waals surface area (Å²) in [6, 6.07) is 5.32. The number of hydrogen-bond acceptors (Lipinski definition) is 3. The maximum Gasteiger partial charge on any atom is 0.138 e. The zero-order chi connectivity index (χ0) is 7.68. The van der Waals surface area contributed by atoms with Crippen molar-refractivity contribution in [1.29, 1.82) is 0 Å². The second-order valence-electron chi connectivity index (χ2n) is 2.09. The number of benzene rings is 1. The molecule has 2 rings (SSSR count). The Morgan fingerprint density at radius 2 is 2.09 bits per heavy atom. The molecule has 54 valence electrons. The summed E-state index contributed by atoms with van der Waals surface area (Å²) in [5.41, 5.74) is 1.53. The molecule has 0 fully saturated rings. The second-order valence-corrected chi connectivity index (χ2v) is 2.53. The van der Waals surface area contributed by atoms with Crippen LogP contribution in [0.15, 0.2) is 24.5 Å². The van der Waals surface area contributed by atoms with Crippen LogP contribution in [0.25, 0.3) is 11.0 Å². The van der Waals surface area contributed by atoms with Crippen molar-refractivity contribution < 1.29 is 0 Å². The lowest BCUT2D eigenvalue weighted by Crippen LogP contribution is -1.85. The van der Waals surface area contributed by atoms with E-state index in [9.17, 15) is 0 Å². The highest BCUT2D eigenvalue weighted by atomic mass is 35.5. The summed E-state index contributed by atoms with van der Waals surface area (Å²) in [6.45, 7) is 0. The number of halogens is 1. The molecule has 4 heteroatoms. The van der Waals surface area contributed by atoms with Crippen LogP contribution in [0, 0.1) is 0 Å². The fourth-order valence-corrected chi connectivity index (χ4v) is 1.03. The van der Waals surface area contributed by atoms with E-state index in [0.29, 0.717) is 5.02 Å². The third-order valence-corrected chi connectivity index (χ3v) is 1.59. The molecule has 2 aromatic rings. The first-order valence-corrected chi connectivity index (χ1v) is 3.47. The van der Waals surface area contributed by atoms with Crippen molar-refractivity contribution in [2.24, 2.45) is 0 Å². The number of aromatic nitrogens is 3. The van der Waals surface area contributed by atoms with Gasteiger partial charge >= 0.3 is 0 Å². The first-order valence-electron chi connectivity index (χ1n) is 3.09. The molecule has 11 heavy (non-hydrogen) atoms. The third kappa shape index (κ3) is 1.14. The number of rotatable bonds is 0. The maximum absolute atomic E-state index is 5.72. The Morgan fingerprint density at radius 1 is 1.18 bits per heavy atom. The van der Waals surface area contributed by atoms with E-state index in [1.807, 2.05) is 6.07 Å². The molecule has 0 spiro atoms. The van der Waals surface area contributed by atoms with Crippen LogP contribution in [0.2, 0.25) is 5.02 Å². The Morgan fingerprint density at radius 3 is 3.00 bits per heavy atom. The van der Waals surface area contributed by atoms with Crippen molar-refractivity contribution in [1.82, 2.24) is 15.2 Å². The summed E-state index contributed by atoms with van der Waals surface area (Å²) in [7, 11) is 0. The molecule has 1 aromatic carbocycles. The minimum Gasteiger partial charge on any atom is -0.233 e. The minimum absolute atomic E-state index is 0.653. The van der Waals surface area contributed by atoms with Crippen LogP contribution < -0.4 is 0 Å². The molecule has 0 aliphatic carbocycles. The van der Waals surface area contributed by atoms with Gasteiger partial charge in [-0.15, -0.1) is 10.2 Å². The van der Waals surface area contributed by atoms with E-state index in [1.54, 1.807) is 12.1 Å². The Bertz CT molecular complexity index is 388. The molecule has 1 aromatic heterocycles. The molecule has 1 heterocycles. The molecule has 0 amide bonds. The number of hydrogen-bond donors (Lipinski definition) is 0. The predicted molar refractivity (Wildman–Crippen MR) is 42.3 cm³/mol. The quantitative estimate of drug-likeness (QED) is 0.596. The van der Waals surface area contributed by atoms with Crippen LogP contribution in [0.5, 0.6) is 0 Å². The van der Waals surface area contributed by atoms with Gasteiger partial charge in [-0.1, -0.05) is 11.6 Å². The molecule has 0 saturated carbocycles. The molecule has 0 aliphatic rings. The average molecular weight is 166 g/mol. The lowest BCUT2D eigenvalue weighted by atomic mass is 10.3. The van der Waals surface area contributed by atoms with E-state index in [2.05, 4.69) is 15.2 Å². The van der Waals surface area contributed by atoms with E-state index >= 15 is 0 Å². The molecule has 3 nitrogen and oxygen atoms in total. The highest BCUT2D eigenvalue weighted by Gasteiger charge is 1.94. The Labute approximate surface area is 68.0 Å². The Kier molecular flexibility index (Phi) is 1.43. The summed E-state index contributed by atoms with van der Waals surface area (Å²) in [5, 5.41) is 8.13. The van der Waals surface area contributed by atoms with E-state index in [0.717, 1.165) is 11.0 Å².